The molecule has 1 aliphatic heterocycles. The van der Waals surface area contributed by atoms with Crippen molar-refractivity contribution in [3.05, 3.63) is 0 Å². The highest BCUT2D eigenvalue weighted by Crippen LogP contribution is 2.12. The van der Waals surface area contributed by atoms with Crippen LogP contribution in [0.5, 0.6) is 0 Å². The first-order valence-electron chi connectivity index (χ1n) is 4.42. The molecule has 0 radical (unpaired) electrons. The van der Waals surface area contributed by atoms with Crippen LogP contribution in [-0.4, -0.2) is 48.5 Å². The number of hydrogen-bond acceptors (Lipinski definition) is 1. The molecule has 0 amide bonds. The van der Waals surface area contributed by atoms with E-state index in [9.17, 15) is 0 Å². The van der Waals surface area contributed by atoms with Crippen LogP contribution in [0, 0.1) is 0 Å². The summed E-state index contributed by atoms with van der Waals surface area (Å²) in [6.07, 6.45) is 0. The number of likely N-dealkylation sites (N-methyl/N-ethyl adjacent to an activating group) is 2. The second kappa shape index (κ2) is 2.96. The van der Waals surface area contributed by atoms with Crippen LogP contribution in [0.2, 0.25) is 0 Å². The van der Waals surface area contributed by atoms with Crippen molar-refractivity contribution in [2.24, 2.45) is 4.99 Å². The molecule has 0 spiro atoms. The Morgan fingerprint density at radius 3 is 1.83 bits per heavy atom. The van der Waals surface area contributed by atoms with Crippen LogP contribution in [0.3, 0.4) is 0 Å². The predicted molar refractivity (Wildman–Crippen MR) is 52.4 cm³/mol. The minimum absolute atomic E-state index is 0.0300. The summed E-state index contributed by atoms with van der Waals surface area (Å²) in [7, 11) is 4.18. The van der Waals surface area contributed by atoms with Crippen molar-refractivity contribution < 1.29 is 0 Å². The third kappa shape index (κ3) is 2.13. The summed E-state index contributed by atoms with van der Waals surface area (Å²) in [5, 5.41) is 0. The maximum absolute atomic E-state index is 4.64. The van der Waals surface area contributed by atoms with E-state index in [0.717, 1.165) is 19.0 Å². The molecule has 3 heteroatoms. The van der Waals surface area contributed by atoms with Crippen molar-refractivity contribution in [3.8, 4) is 0 Å². The summed E-state index contributed by atoms with van der Waals surface area (Å²) in [6.45, 7) is 8.55. The smallest absolute Gasteiger partial charge is 0.196 e. The summed E-state index contributed by atoms with van der Waals surface area (Å²) < 4.78 is 0. The highest BCUT2D eigenvalue weighted by Gasteiger charge is 2.22. The predicted octanol–water partition coefficient (Wildman–Crippen LogP) is 1.02. The second-order valence-corrected chi connectivity index (χ2v) is 4.43. The topological polar surface area (TPSA) is 18.8 Å². The minimum atomic E-state index is 0.0300. The number of guanidine groups is 1. The Balaban J connectivity index is 2.78. The molecule has 0 atom stereocenters. The van der Waals surface area contributed by atoms with Crippen LogP contribution < -0.4 is 0 Å². The molecule has 70 valence electrons. The third-order valence-electron chi connectivity index (χ3n) is 1.89. The highest BCUT2D eigenvalue weighted by molar-refractivity contribution is 5.81. The van der Waals surface area contributed by atoms with Crippen LogP contribution in [0.4, 0.5) is 0 Å². The Labute approximate surface area is 75.1 Å². The van der Waals surface area contributed by atoms with Crippen LogP contribution >= 0.6 is 0 Å². The van der Waals surface area contributed by atoms with E-state index < -0.39 is 0 Å². The zero-order valence-corrected chi connectivity index (χ0v) is 8.76. The van der Waals surface area contributed by atoms with Crippen molar-refractivity contribution in [3.63, 3.8) is 0 Å². The van der Waals surface area contributed by atoms with Gasteiger partial charge in [-0.1, -0.05) is 0 Å². The summed E-state index contributed by atoms with van der Waals surface area (Å²) >= 11 is 0. The zero-order chi connectivity index (χ0) is 9.35. The maximum Gasteiger partial charge on any atom is 0.196 e. The van der Waals surface area contributed by atoms with Crippen LogP contribution in [0.25, 0.3) is 0 Å². The van der Waals surface area contributed by atoms with Gasteiger partial charge in [0.2, 0.25) is 0 Å². The maximum atomic E-state index is 4.64. The number of aliphatic imine (C=N–C) groups is 1. The molecule has 1 fully saturated rings. The Morgan fingerprint density at radius 1 is 1.08 bits per heavy atom. The number of rotatable bonds is 0. The van der Waals surface area contributed by atoms with Gasteiger partial charge in [0.1, 0.15) is 0 Å². The average Bonchev–Trinajstić information content (AvgIpc) is 2.16. The Morgan fingerprint density at radius 2 is 1.50 bits per heavy atom. The molecule has 0 aromatic carbocycles. The Hall–Kier alpha value is -0.730. The van der Waals surface area contributed by atoms with E-state index in [-0.39, 0.29) is 5.54 Å². The van der Waals surface area contributed by atoms with Crippen molar-refractivity contribution in [1.82, 2.24) is 9.80 Å². The van der Waals surface area contributed by atoms with E-state index in [0.29, 0.717) is 0 Å². The molecule has 0 aromatic rings. The van der Waals surface area contributed by atoms with Gasteiger partial charge in [-0.05, 0) is 20.8 Å². The highest BCUT2D eigenvalue weighted by atomic mass is 15.4. The normalized spacial score (nSPS) is 18.9. The summed E-state index contributed by atoms with van der Waals surface area (Å²) in [4.78, 5) is 9.04. The summed E-state index contributed by atoms with van der Waals surface area (Å²) in [5.74, 6) is 1.11. The van der Waals surface area contributed by atoms with Gasteiger partial charge in [-0.25, -0.2) is 4.99 Å². The first-order chi connectivity index (χ1) is 5.40. The lowest BCUT2D eigenvalue weighted by molar-refractivity contribution is 0.515. The zero-order valence-electron chi connectivity index (χ0n) is 8.76. The molecule has 12 heavy (non-hydrogen) atoms. The van der Waals surface area contributed by atoms with E-state index in [1.54, 1.807) is 0 Å². The molecule has 1 saturated heterocycles. The minimum Gasteiger partial charge on any atom is -0.344 e. The lowest BCUT2D eigenvalue weighted by Gasteiger charge is -2.21. The van der Waals surface area contributed by atoms with E-state index in [1.165, 1.54) is 0 Å². The first kappa shape index (κ1) is 9.36. The van der Waals surface area contributed by atoms with Gasteiger partial charge in [0.05, 0.1) is 5.54 Å². The van der Waals surface area contributed by atoms with Gasteiger partial charge in [0, 0.05) is 27.2 Å². The van der Waals surface area contributed by atoms with Crippen molar-refractivity contribution in [2.75, 3.05) is 27.2 Å². The monoisotopic (exact) mass is 169 g/mol. The molecule has 0 unspecified atom stereocenters. The van der Waals surface area contributed by atoms with Crippen LogP contribution in [0.1, 0.15) is 20.8 Å². The average molecular weight is 169 g/mol. The molecule has 3 nitrogen and oxygen atoms in total. The summed E-state index contributed by atoms with van der Waals surface area (Å²) in [5.41, 5.74) is 0.0300. The van der Waals surface area contributed by atoms with Gasteiger partial charge in [0.15, 0.2) is 5.96 Å². The van der Waals surface area contributed by atoms with Gasteiger partial charge in [-0.15, -0.1) is 0 Å². The van der Waals surface area contributed by atoms with Crippen molar-refractivity contribution >= 4 is 5.96 Å². The molecule has 0 bridgehead atoms. The van der Waals surface area contributed by atoms with E-state index in [1.807, 2.05) is 0 Å². The molecule has 0 aliphatic carbocycles. The molecule has 0 saturated carbocycles. The molecule has 1 rings (SSSR count). The van der Waals surface area contributed by atoms with Crippen LogP contribution in [0.15, 0.2) is 4.99 Å². The van der Waals surface area contributed by atoms with Gasteiger partial charge in [-0.3, -0.25) is 0 Å². The fourth-order valence-corrected chi connectivity index (χ4v) is 1.26. The van der Waals surface area contributed by atoms with Gasteiger partial charge in [0.25, 0.3) is 0 Å². The van der Waals surface area contributed by atoms with E-state index >= 15 is 0 Å². The summed E-state index contributed by atoms with van der Waals surface area (Å²) in [6, 6.07) is 0. The van der Waals surface area contributed by atoms with Crippen LogP contribution in [-0.2, 0) is 0 Å². The Bertz CT molecular complexity index is 178. The lowest BCUT2D eigenvalue weighted by atomic mass is 10.1. The van der Waals surface area contributed by atoms with Gasteiger partial charge in [-0.2, -0.15) is 0 Å². The fourth-order valence-electron chi connectivity index (χ4n) is 1.26. The second-order valence-electron chi connectivity index (χ2n) is 4.43. The number of nitrogens with zero attached hydrogens (tertiary/aromatic N) is 3. The van der Waals surface area contributed by atoms with E-state index in [4.69, 9.17) is 0 Å². The molecular weight excluding hydrogens is 150 g/mol. The fraction of sp³-hybridized carbons (Fsp3) is 0.889. The van der Waals surface area contributed by atoms with E-state index in [2.05, 4.69) is 49.7 Å². The van der Waals surface area contributed by atoms with Crippen molar-refractivity contribution in [2.45, 2.75) is 26.3 Å². The molecule has 0 aromatic heterocycles. The standard InChI is InChI=1S/C9H19N3/c1-9(2,3)10-8-11(4)6-7-12(8)5/h6-7H2,1-5H3. The SMILES string of the molecule is CN1CCN(C)C1=NC(C)(C)C. The van der Waals surface area contributed by atoms with Gasteiger partial charge >= 0.3 is 0 Å². The van der Waals surface area contributed by atoms with Crippen molar-refractivity contribution in [1.29, 1.82) is 0 Å². The molecular formula is C9H19N3. The Kier molecular flexibility index (Phi) is 2.31. The lowest BCUT2D eigenvalue weighted by Crippen LogP contribution is -2.31. The number of hydrogen-bond donors (Lipinski definition) is 0. The molecule has 1 aliphatic rings. The largest absolute Gasteiger partial charge is 0.344 e. The third-order valence-corrected chi connectivity index (χ3v) is 1.89. The van der Waals surface area contributed by atoms with Gasteiger partial charge < -0.3 is 9.80 Å². The quantitative estimate of drug-likeness (QED) is 0.539. The molecule has 0 N–H and O–H groups in total. The first-order valence-corrected chi connectivity index (χ1v) is 4.42. The molecule has 1 heterocycles.